The fourth-order valence-electron chi connectivity index (χ4n) is 3.51. The maximum Gasteiger partial charge on any atom is 0.263 e. The second kappa shape index (κ2) is 6.83. The van der Waals surface area contributed by atoms with Crippen LogP contribution in [0.5, 0.6) is 0 Å². The first-order valence-electron chi connectivity index (χ1n) is 9.08. The van der Waals surface area contributed by atoms with Gasteiger partial charge in [0, 0.05) is 12.5 Å². The Hall–Kier alpha value is -2.22. The number of fused-ring (bicyclic) bond motifs is 1. The molecule has 2 amide bonds. The third-order valence-electron chi connectivity index (χ3n) is 5.15. The number of hydrogen-bond donors (Lipinski definition) is 1. The summed E-state index contributed by atoms with van der Waals surface area (Å²) in [5.41, 5.74) is 2.63. The molecule has 1 saturated carbocycles. The van der Waals surface area contributed by atoms with Crippen molar-refractivity contribution in [1.82, 2.24) is 25.0 Å². The van der Waals surface area contributed by atoms with Crippen LogP contribution in [0.3, 0.4) is 0 Å². The highest BCUT2D eigenvalue weighted by atomic mass is 32.1. The fraction of sp³-hybridized carbons (Fsp3) is 0.556. The van der Waals surface area contributed by atoms with E-state index in [0.717, 1.165) is 48.0 Å². The highest BCUT2D eigenvalue weighted by Gasteiger charge is 2.31. The van der Waals surface area contributed by atoms with E-state index in [-0.39, 0.29) is 17.7 Å². The molecule has 4 rings (SSSR count). The number of nitrogens with zero attached hydrogens (tertiary/aromatic N) is 4. The summed E-state index contributed by atoms with van der Waals surface area (Å²) in [5.74, 6) is 0.407. The van der Waals surface area contributed by atoms with Crippen molar-refractivity contribution in [1.29, 1.82) is 0 Å². The minimum atomic E-state index is -0.110. The molecule has 0 unspecified atom stereocenters. The number of amides is 2. The van der Waals surface area contributed by atoms with Gasteiger partial charge in [0.15, 0.2) is 0 Å². The summed E-state index contributed by atoms with van der Waals surface area (Å²) in [7, 11) is 0. The number of carbonyl (C=O) groups is 2. The van der Waals surface area contributed by atoms with Gasteiger partial charge in [-0.2, -0.15) is 5.10 Å². The second-order valence-electron chi connectivity index (χ2n) is 7.07. The van der Waals surface area contributed by atoms with Crippen molar-refractivity contribution < 1.29 is 9.59 Å². The van der Waals surface area contributed by atoms with Crippen LogP contribution < -0.4 is 5.32 Å². The second-order valence-corrected chi connectivity index (χ2v) is 8.27. The van der Waals surface area contributed by atoms with Gasteiger partial charge in [-0.05, 0) is 32.8 Å². The predicted molar refractivity (Wildman–Crippen MR) is 97.7 cm³/mol. The molecule has 0 saturated heterocycles. The van der Waals surface area contributed by atoms with Crippen LogP contribution in [0.2, 0.25) is 0 Å². The van der Waals surface area contributed by atoms with Crippen LogP contribution in [0.4, 0.5) is 0 Å². The minimum absolute atomic E-state index is 0.110. The van der Waals surface area contributed by atoms with Gasteiger partial charge >= 0.3 is 0 Å². The van der Waals surface area contributed by atoms with Crippen molar-refractivity contribution in [3.8, 4) is 0 Å². The largest absolute Gasteiger partial charge is 0.346 e. The number of carbonyl (C=O) groups excluding carboxylic acids is 2. The average Bonchev–Trinajstić information content (AvgIpc) is 3.12. The first-order chi connectivity index (χ1) is 12.5. The van der Waals surface area contributed by atoms with Crippen molar-refractivity contribution in [3.05, 3.63) is 33.0 Å². The number of aryl methyl sites for hydroxylation is 2. The maximum atomic E-state index is 12.4. The maximum absolute atomic E-state index is 12.4. The van der Waals surface area contributed by atoms with Crippen LogP contribution in [0.25, 0.3) is 0 Å². The van der Waals surface area contributed by atoms with Crippen LogP contribution in [0.1, 0.15) is 51.0 Å². The Bertz CT molecular complexity index is 852. The Balaban J connectivity index is 1.38. The van der Waals surface area contributed by atoms with Crippen molar-refractivity contribution >= 4 is 23.2 Å². The van der Waals surface area contributed by atoms with E-state index in [1.165, 1.54) is 17.8 Å². The number of rotatable bonds is 4. The molecule has 2 aromatic rings. The molecule has 138 valence electrons. The Kier molecular flexibility index (Phi) is 4.52. The standard InChI is InChI=1S/C18H23N5O2S/c1-11-16(26-12(2)20-11)17(24)19-9-14-8-15-10-22(6-7-23(15)21-14)18(25)13-4-3-5-13/h8,13H,3-7,9-10H2,1-2H3,(H,19,24). The van der Waals surface area contributed by atoms with Gasteiger partial charge in [-0.15, -0.1) is 11.3 Å². The van der Waals surface area contributed by atoms with Gasteiger partial charge in [0.05, 0.1) is 41.7 Å². The summed E-state index contributed by atoms with van der Waals surface area (Å²) in [5, 5.41) is 8.38. The lowest BCUT2D eigenvalue weighted by molar-refractivity contribution is -0.139. The topological polar surface area (TPSA) is 80.1 Å². The SMILES string of the molecule is Cc1nc(C)c(C(=O)NCc2cc3n(n2)CCN(C(=O)C2CCC2)C3)s1. The third-order valence-corrected chi connectivity index (χ3v) is 6.23. The highest BCUT2D eigenvalue weighted by molar-refractivity contribution is 7.13. The molecule has 7 nitrogen and oxygen atoms in total. The lowest BCUT2D eigenvalue weighted by Crippen LogP contribution is -2.43. The zero-order valence-electron chi connectivity index (χ0n) is 15.1. The molecule has 3 heterocycles. The first kappa shape index (κ1) is 17.2. The van der Waals surface area contributed by atoms with E-state index >= 15 is 0 Å². The van der Waals surface area contributed by atoms with Crippen molar-refractivity contribution in [2.24, 2.45) is 5.92 Å². The molecule has 2 aromatic heterocycles. The predicted octanol–water partition coefficient (Wildman–Crippen LogP) is 2.03. The lowest BCUT2D eigenvalue weighted by atomic mass is 9.84. The van der Waals surface area contributed by atoms with E-state index in [1.807, 2.05) is 29.5 Å². The summed E-state index contributed by atoms with van der Waals surface area (Å²) in [4.78, 5) is 31.7. The number of nitrogens with one attached hydrogen (secondary N) is 1. The zero-order chi connectivity index (χ0) is 18.3. The lowest BCUT2D eigenvalue weighted by Gasteiger charge is -2.34. The molecular weight excluding hydrogens is 350 g/mol. The van der Waals surface area contributed by atoms with Crippen LogP contribution >= 0.6 is 11.3 Å². The summed E-state index contributed by atoms with van der Waals surface area (Å²) >= 11 is 1.41. The van der Waals surface area contributed by atoms with E-state index in [0.29, 0.717) is 18.0 Å². The molecular formula is C18H23N5O2S. The number of hydrogen-bond acceptors (Lipinski definition) is 5. The Morgan fingerprint density at radius 3 is 2.77 bits per heavy atom. The molecule has 2 aliphatic rings. The van der Waals surface area contributed by atoms with E-state index in [4.69, 9.17) is 0 Å². The molecule has 0 atom stereocenters. The van der Waals surface area contributed by atoms with Crippen LogP contribution in [0.15, 0.2) is 6.07 Å². The summed E-state index contributed by atoms with van der Waals surface area (Å²) in [6, 6.07) is 1.99. The molecule has 1 fully saturated rings. The Morgan fingerprint density at radius 2 is 2.12 bits per heavy atom. The summed E-state index contributed by atoms with van der Waals surface area (Å²) in [6.07, 6.45) is 3.23. The van der Waals surface area contributed by atoms with Crippen LogP contribution in [-0.4, -0.2) is 38.0 Å². The molecule has 0 radical (unpaired) electrons. The fourth-order valence-corrected chi connectivity index (χ4v) is 4.34. The Labute approximate surface area is 156 Å². The van der Waals surface area contributed by atoms with Gasteiger partial charge in [0.25, 0.3) is 5.91 Å². The first-order valence-corrected chi connectivity index (χ1v) is 9.89. The average molecular weight is 373 g/mol. The third kappa shape index (κ3) is 3.25. The van der Waals surface area contributed by atoms with E-state index in [9.17, 15) is 9.59 Å². The monoisotopic (exact) mass is 373 g/mol. The quantitative estimate of drug-likeness (QED) is 0.889. The van der Waals surface area contributed by atoms with Crippen LogP contribution in [0, 0.1) is 19.8 Å². The van der Waals surface area contributed by atoms with Gasteiger partial charge in [-0.25, -0.2) is 4.98 Å². The number of thiazole rings is 1. The molecule has 8 heteroatoms. The molecule has 0 spiro atoms. The highest BCUT2D eigenvalue weighted by Crippen LogP contribution is 2.29. The molecule has 0 bridgehead atoms. The smallest absolute Gasteiger partial charge is 0.263 e. The Morgan fingerprint density at radius 1 is 1.31 bits per heavy atom. The molecule has 0 aromatic carbocycles. The van der Waals surface area contributed by atoms with Gasteiger partial charge in [-0.1, -0.05) is 6.42 Å². The van der Waals surface area contributed by atoms with Crippen molar-refractivity contribution in [2.75, 3.05) is 6.54 Å². The number of aromatic nitrogens is 3. The van der Waals surface area contributed by atoms with E-state index in [2.05, 4.69) is 15.4 Å². The van der Waals surface area contributed by atoms with E-state index in [1.54, 1.807) is 0 Å². The van der Waals surface area contributed by atoms with Gasteiger partial charge in [0.2, 0.25) is 5.91 Å². The molecule has 26 heavy (non-hydrogen) atoms. The van der Waals surface area contributed by atoms with Gasteiger partial charge in [0.1, 0.15) is 4.88 Å². The van der Waals surface area contributed by atoms with Gasteiger partial charge < -0.3 is 10.2 Å². The van der Waals surface area contributed by atoms with Gasteiger partial charge in [-0.3, -0.25) is 14.3 Å². The zero-order valence-corrected chi connectivity index (χ0v) is 15.9. The molecule has 1 aliphatic heterocycles. The normalized spacial score (nSPS) is 16.9. The minimum Gasteiger partial charge on any atom is -0.346 e. The molecule has 1 aliphatic carbocycles. The van der Waals surface area contributed by atoms with E-state index < -0.39 is 0 Å². The van der Waals surface area contributed by atoms with Crippen molar-refractivity contribution in [3.63, 3.8) is 0 Å². The van der Waals surface area contributed by atoms with Crippen LogP contribution in [-0.2, 0) is 24.4 Å². The summed E-state index contributed by atoms with van der Waals surface area (Å²) in [6.45, 7) is 6.18. The van der Waals surface area contributed by atoms with Crippen molar-refractivity contribution in [2.45, 2.75) is 52.7 Å². The summed E-state index contributed by atoms with van der Waals surface area (Å²) < 4.78 is 1.95. The molecule has 1 N–H and O–H groups in total.